The van der Waals surface area contributed by atoms with Gasteiger partial charge in [-0.2, -0.15) is 0 Å². The van der Waals surface area contributed by atoms with Crippen molar-refractivity contribution in [2.45, 2.75) is 13.0 Å². The Morgan fingerprint density at radius 1 is 1.05 bits per heavy atom. The molecule has 98 valence electrons. The summed E-state index contributed by atoms with van der Waals surface area (Å²) in [5.41, 5.74) is 0.530. The molecule has 0 bridgehead atoms. The summed E-state index contributed by atoms with van der Waals surface area (Å²) in [7, 11) is 0. The van der Waals surface area contributed by atoms with Gasteiger partial charge in [-0.25, -0.2) is 0 Å². The SMILES string of the molecule is C[C@H](Oc1cccc(Cl)c1)C(=O)c1cccc(Cl)c1. The van der Waals surface area contributed by atoms with E-state index in [2.05, 4.69) is 0 Å². The number of ketones is 1. The zero-order chi connectivity index (χ0) is 13.8. The van der Waals surface area contributed by atoms with Crippen LogP contribution in [0, 0.1) is 0 Å². The van der Waals surface area contributed by atoms with Gasteiger partial charge in [0.25, 0.3) is 0 Å². The van der Waals surface area contributed by atoms with E-state index in [-0.39, 0.29) is 5.78 Å². The lowest BCUT2D eigenvalue weighted by Gasteiger charge is -2.14. The minimum Gasteiger partial charge on any atom is -0.483 e. The standard InChI is InChI=1S/C15H12Cl2O2/c1-10(19-14-7-3-6-13(17)9-14)15(18)11-4-2-5-12(16)8-11/h2-10H,1H3/t10-/m0/s1. The fourth-order valence-electron chi connectivity index (χ4n) is 1.67. The zero-order valence-electron chi connectivity index (χ0n) is 10.3. The summed E-state index contributed by atoms with van der Waals surface area (Å²) in [6.07, 6.45) is -0.600. The minimum absolute atomic E-state index is 0.123. The highest BCUT2D eigenvalue weighted by atomic mass is 35.5. The molecule has 19 heavy (non-hydrogen) atoms. The molecule has 0 heterocycles. The Bertz CT molecular complexity index is 596. The molecule has 0 aliphatic carbocycles. The topological polar surface area (TPSA) is 26.3 Å². The number of benzene rings is 2. The molecule has 0 aromatic heterocycles. The molecule has 0 amide bonds. The van der Waals surface area contributed by atoms with Crippen LogP contribution in [0.5, 0.6) is 5.75 Å². The van der Waals surface area contributed by atoms with Crippen molar-refractivity contribution in [2.75, 3.05) is 0 Å². The quantitative estimate of drug-likeness (QED) is 0.768. The van der Waals surface area contributed by atoms with Crippen LogP contribution in [0.1, 0.15) is 17.3 Å². The smallest absolute Gasteiger partial charge is 0.203 e. The molecule has 0 radical (unpaired) electrons. The van der Waals surface area contributed by atoms with Gasteiger partial charge in [0.2, 0.25) is 5.78 Å². The number of carbonyl (C=O) groups excluding carboxylic acids is 1. The third-order valence-corrected chi connectivity index (χ3v) is 3.06. The second-order valence-corrected chi connectivity index (χ2v) is 4.96. The van der Waals surface area contributed by atoms with Gasteiger partial charge in [-0.05, 0) is 37.3 Å². The van der Waals surface area contributed by atoms with Crippen LogP contribution in [-0.2, 0) is 0 Å². The van der Waals surface area contributed by atoms with E-state index in [0.717, 1.165) is 0 Å². The second-order valence-electron chi connectivity index (χ2n) is 4.09. The van der Waals surface area contributed by atoms with Gasteiger partial charge in [-0.1, -0.05) is 41.4 Å². The Morgan fingerprint density at radius 3 is 2.32 bits per heavy atom. The van der Waals surface area contributed by atoms with Crippen molar-refractivity contribution in [3.8, 4) is 5.75 Å². The fourth-order valence-corrected chi connectivity index (χ4v) is 2.04. The maximum atomic E-state index is 12.2. The lowest BCUT2D eigenvalue weighted by Crippen LogP contribution is -2.23. The number of Topliss-reactive ketones (excluding diaryl/α,β-unsaturated/α-hetero) is 1. The van der Waals surface area contributed by atoms with Gasteiger partial charge in [-0.3, -0.25) is 4.79 Å². The summed E-state index contributed by atoms with van der Waals surface area (Å²) in [5.74, 6) is 0.442. The van der Waals surface area contributed by atoms with E-state index in [1.165, 1.54) is 0 Å². The number of hydrogen-bond acceptors (Lipinski definition) is 2. The van der Waals surface area contributed by atoms with Gasteiger partial charge < -0.3 is 4.74 Å². The van der Waals surface area contributed by atoms with Crippen LogP contribution in [0.15, 0.2) is 48.5 Å². The van der Waals surface area contributed by atoms with Crippen LogP contribution in [-0.4, -0.2) is 11.9 Å². The average molecular weight is 295 g/mol. The largest absolute Gasteiger partial charge is 0.483 e. The third-order valence-electron chi connectivity index (χ3n) is 2.59. The van der Waals surface area contributed by atoms with E-state index >= 15 is 0 Å². The van der Waals surface area contributed by atoms with Crippen LogP contribution in [0.25, 0.3) is 0 Å². The van der Waals surface area contributed by atoms with Crippen molar-refractivity contribution >= 4 is 29.0 Å². The maximum absolute atomic E-state index is 12.2. The summed E-state index contributed by atoms with van der Waals surface area (Å²) >= 11 is 11.7. The molecule has 0 saturated carbocycles. The van der Waals surface area contributed by atoms with Crippen molar-refractivity contribution in [1.82, 2.24) is 0 Å². The first-order valence-corrected chi connectivity index (χ1v) is 6.54. The van der Waals surface area contributed by atoms with Crippen LogP contribution in [0.2, 0.25) is 10.0 Å². The summed E-state index contributed by atoms with van der Waals surface area (Å²) in [6, 6.07) is 13.7. The molecule has 2 rings (SSSR count). The predicted octanol–water partition coefficient (Wildman–Crippen LogP) is 4.64. The van der Waals surface area contributed by atoms with Crippen molar-refractivity contribution < 1.29 is 9.53 Å². The van der Waals surface area contributed by atoms with Crippen molar-refractivity contribution in [3.05, 3.63) is 64.1 Å². The normalized spacial score (nSPS) is 11.9. The number of carbonyl (C=O) groups is 1. The van der Waals surface area contributed by atoms with E-state index < -0.39 is 6.10 Å². The molecular weight excluding hydrogens is 283 g/mol. The monoisotopic (exact) mass is 294 g/mol. The summed E-state index contributed by atoms with van der Waals surface area (Å²) < 4.78 is 5.57. The van der Waals surface area contributed by atoms with Crippen molar-refractivity contribution in [1.29, 1.82) is 0 Å². The number of hydrogen-bond donors (Lipinski definition) is 0. The highest BCUT2D eigenvalue weighted by molar-refractivity contribution is 6.31. The highest BCUT2D eigenvalue weighted by Gasteiger charge is 2.17. The first kappa shape index (κ1) is 13.9. The van der Waals surface area contributed by atoms with E-state index in [9.17, 15) is 4.79 Å². The molecule has 0 spiro atoms. The summed E-state index contributed by atoms with van der Waals surface area (Å²) in [6.45, 7) is 1.70. The van der Waals surface area contributed by atoms with Gasteiger partial charge in [0, 0.05) is 15.6 Å². The molecule has 0 unspecified atom stereocenters. The first-order chi connectivity index (χ1) is 9.06. The molecule has 4 heteroatoms. The van der Waals surface area contributed by atoms with Crippen molar-refractivity contribution in [3.63, 3.8) is 0 Å². The number of ether oxygens (including phenoxy) is 1. The van der Waals surface area contributed by atoms with Crippen molar-refractivity contribution in [2.24, 2.45) is 0 Å². The fraction of sp³-hybridized carbons (Fsp3) is 0.133. The Kier molecular flexibility index (Phi) is 4.46. The number of halogens is 2. The lowest BCUT2D eigenvalue weighted by molar-refractivity contribution is 0.0818. The molecule has 2 nitrogen and oxygen atoms in total. The maximum Gasteiger partial charge on any atom is 0.203 e. The first-order valence-electron chi connectivity index (χ1n) is 5.78. The van der Waals surface area contributed by atoms with E-state index in [0.29, 0.717) is 21.4 Å². The highest BCUT2D eigenvalue weighted by Crippen LogP contribution is 2.20. The van der Waals surface area contributed by atoms with E-state index in [4.69, 9.17) is 27.9 Å². The Hall–Kier alpha value is -1.51. The third kappa shape index (κ3) is 3.72. The van der Waals surface area contributed by atoms with Gasteiger partial charge in [-0.15, -0.1) is 0 Å². The molecule has 0 aliphatic rings. The van der Waals surface area contributed by atoms with Gasteiger partial charge in [0.05, 0.1) is 0 Å². The van der Waals surface area contributed by atoms with Crippen LogP contribution < -0.4 is 4.74 Å². The number of rotatable bonds is 4. The van der Waals surface area contributed by atoms with Crippen LogP contribution in [0.3, 0.4) is 0 Å². The van der Waals surface area contributed by atoms with Gasteiger partial charge in [0.15, 0.2) is 6.10 Å². The molecule has 2 aromatic rings. The molecular formula is C15H12Cl2O2. The van der Waals surface area contributed by atoms with E-state index in [1.54, 1.807) is 55.5 Å². The molecule has 0 aliphatic heterocycles. The van der Waals surface area contributed by atoms with Crippen LogP contribution in [0.4, 0.5) is 0 Å². The molecule has 0 N–H and O–H groups in total. The predicted molar refractivity (Wildman–Crippen MR) is 77.3 cm³/mol. The Labute approximate surface area is 121 Å². The average Bonchev–Trinajstić information content (AvgIpc) is 2.38. The van der Waals surface area contributed by atoms with Gasteiger partial charge >= 0.3 is 0 Å². The van der Waals surface area contributed by atoms with Gasteiger partial charge in [0.1, 0.15) is 5.75 Å². The Morgan fingerprint density at radius 2 is 1.68 bits per heavy atom. The molecule has 2 aromatic carbocycles. The van der Waals surface area contributed by atoms with E-state index in [1.807, 2.05) is 0 Å². The second kappa shape index (κ2) is 6.09. The van der Waals surface area contributed by atoms with Crippen LogP contribution >= 0.6 is 23.2 Å². The molecule has 1 atom stereocenters. The zero-order valence-corrected chi connectivity index (χ0v) is 11.8. The Balaban J connectivity index is 2.12. The lowest BCUT2D eigenvalue weighted by atomic mass is 10.1. The molecule has 0 saturated heterocycles. The molecule has 0 fully saturated rings. The minimum atomic E-state index is -0.600. The summed E-state index contributed by atoms with van der Waals surface area (Å²) in [4.78, 5) is 12.2. The summed E-state index contributed by atoms with van der Waals surface area (Å²) in [5, 5.41) is 1.10.